The molecule has 138 valence electrons. The van der Waals surface area contributed by atoms with E-state index in [9.17, 15) is 9.59 Å². The largest absolute Gasteiger partial charge is 0.495 e. The maximum absolute atomic E-state index is 11.9. The van der Waals surface area contributed by atoms with Crippen LogP contribution in [0.2, 0.25) is 5.02 Å². The van der Waals surface area contributed by atoms with Gasteiger partial charge in [-0.1, -0.05) is 29.3 Å². The number of nitrogens with one attached hydrogen (secondary N) is 1. The molecule has 0 unspecified atom stereocenters. The van der Waals surface area contributed by atoms with E-state index in [0.717, 1.165) is 4.90 Å². The Morgan fingerprint density at radius 1 is 1.15 bits per heavy atom. The minimum Gasteiger partial charge on any atom is -0.495 e. The summed E-state index contributed by atoms with van der Waals surface area (Å²) in [6, 6.07) is 12.9. The fraction of sp³-hybridized carbons (Fsp3) is 0.263. The number of amides is 1. The Bertz CT molecular complexity index is 765. The number of carbonyl (C=O) groups is 2. The number of hydrogen-bond donors (Lipinski definition) is 1. The van der Waals surface area contributed by atoms with Gasteiger partial charge in [0.25, 0.3) is 5.91 Å². The molecule has 0 aliphatic carbocycles. The van der Waals surface area contributed by atoms with Crippen molar-refractivity contribution in [3.05, 3.63) is 53.1 Å². The first-order valence-electron chi connectivity index (χ1n) is 7.96. The van der Waals surface area contributed by atoms with Crippen LogP contribution in [0, 0.1) is 6.92 Å². The Morgan fingerprint density at radius 2 is 1.88 bits per heavy atom. The van der Waals surface area contributed by atoms with Crippen molar-refractivity contribution in [2.75, 3.05) is 24.8 Å². The average Bonchev–Trinajstić information content (AvgIpc) is 2.62. The third kappa shape index (κ3) is 6.61. The highest BCUT2D eigenvalue weighted by atomic mass is 35.5. The summed E-state index contributed by atoms with van der Waals surface area (Å²) in [4.78, 5) is 24.8. The fourth-order valence-corrected chi connectivity index (χ4v) is 3.07. The van der Waals surface area contributed by atoms with Crippen molar-refractivity contribution in [3.63, 3.8) is 0 Å². The van der Waals surface area contributed by atoms with Gasteiger partial charge in [0.15, 0.2) is 6.61 Å². The molecule has 0 saturated carbocycles. The number of methoxy groups -OCH3 is 1. The quantitative estimate of drug-likeness (QED) is 0.534. The molecule has 0 spiro atoms. The predicted molar refractivity (Wildman–Crippen MR) is 104 cm³/mol. The van der Waals surface area contributed by atoms with Gasteiger partial charge in [0.05, 0.1) is 19.2 Å². The first kappa shape index (κ1) is 20.1. The molecule has 7 heteroatoms. The number of esters is 1. The van der Waals surface area contributed by atoms with Crippen LogP contribution in [0.15, 0.2) is 47.4 Å². The second kappa shape index (κ2) is 10.1. The lowest BCUT2D eigenvalue weighted by atomic mass is 10.2. The van der Waals surface area contributed by atoms with Crippen molar-refractivity contribution in [2.24, 2.45) is 0 Å². The van der Waals surface area contributed by atoms with Gasteiger partial charge in [0.2, 0.25) is 0 Å². The molecular formula is C19H20ClNO4S. The van der Waals surface area contributed by atoms with Gasteiger partial charge in [-0.05, 0) is 37.3 Å². The fourth-order valence-electron chi connectivity index (χ4n) is 2.07. The van der Waals surface area contributed by atoms with Crippen molar-refractivity contribution in [1.29, 1.82) is 0 Å². The Morgan fingerprint density at radius 3 is 2.58 bits per heavy atom. The van der Waals surface area contributed by atoms with E-state index in [4.69, 9.17) is 21.1 Å². The highest BCUT2D eigenvalue weighted by Gasteiger charge is 2.11. The molecule has 0 heterocycles. The first-order valence-corrected chi connectivity index (χ1v) is 9.33. The summed E-state index contributed by atoms with van der Waals surface area (Å²) in [6.07, 6.45) is 0.228. The summed E-state index contributed by atoms with van der Waals surface area (Å²) < 4.78 is 10.1. The normalized spacial score (nSPS) is 10.3. The van der Waals surface area contributed by atoms with E-state index in [1.54, 1.807) is 30.0 Å². The molecule has 2 aromatic carbocycles. The molecule has 26 heavy (non-hydrogen) atoms. The molecule has 0 fully saturated rings. The van der Waals surface area contributed by atoms with Crippen LogP contribution in [0.1, 0.15) is 12.0 Å². The third-order valence-electron chi connectivity index (χ3n) is 3.40. The smallest absolute Gasteiger partial charge is 0.307 e. The van der Waals surface area contributed by atoms with Crippen LogP contribution in [0.4, 0.5) is 5.69 Å². The molecule has 0 atom stereocenters. The minimum absolute atomic E-state index is 0.228. The molecule has 0 radical (unpaired) electrons. The molecular weight excluding hydrogens is 374 g/mol. The van der Waals surface area contributed by atoms with E-state index in [1.165, 1.54) is 12.7 Å². The highest BCUT2D eigenvalue weighted by molar-refractivity contribution is 7.99. The number of ether oxygens (including phenoxy) is 2. The second-order valence-electron chi connectivity index (χ2n) is 5.46. The van der Waals surface area contributed by atoms with Gasteiger partial charge in [-0.15, -0.1) is 11.8 Å². The lowest BCUT2D eigenvalue weighted by Gasteiger charge is -2.10. The van der Waals surface area contributed by atoms with Crippen LogP contribution in [0.25, 0.3) is 0 Å². The van der Waals surface area contributed by atoms with E-state index in [-0.39, 0.29) is 13.0 Å². The van der Waals surface area contributed by atoms with Crippen LogP contribution in [0.3, 0.4) is 0 Å². The zero-order chi connectivity index (χ0) is 18.9. The van der Waals surface area contributed by atoms with E-state index in [0.29, 0.717) is 22.2 Å². The van der Waals surface area contributed by atoms with Crippen LogP contribution < -0.4 is 10.1 Å². The maximum atomic E-state index is 11.9. The Labute approximate surface area is 162 Å². The third-order valence-corrected chi connectivity index (χ3v) is 4.64. The summed E-state index contributed by atoms with van der Waals surface area (Å²) in [5, 5.41) is 3.08. The molecule has 0 bridgehead atoms. The van der Waals surface area contributed by atoms with Gasteiger partial charge in [-0.25, -0.2) is 0 Å². The van der Waals surface area contributed by atoms with Gasteiger partial charge in [-0.3, -0.25) is 9.59 Å². The number of anilines is 1. The number of hydrogen-bond acceptors (Lipinski definition) is 5. The summed E-state index contributed by atoms with van der Waals surface area (Å²) in [5.41, 5.74) is 1.62. The summed E-state index contributed by atoms with van der Waals surface area (Å²) in [7, 11) is 1.49. The number of halogens is 1. The molecule has 0 saturated heterocycles. The van der Waals surface area contributed by atoms with Crippen LogP contribution in [-0.4, -0.2) is 31.3 Å². The number of rotatable bonds is 8. The number of aryl methyl sites for hydroxylation is 1. The Hall–Kier alpha value is -2.18. The monoisotopic (exact) mass is 393 g/mol. The minimum atomic E-state index is -0.454. The molecule has 0 aromatic heterocycles. The summed E-state index contributed by atoms with van der Waals surface area (Å²) in [6.45, 7) is 1.67. The zero-order valence-electron chi connectivity index (χ0n) is 14.6. The Kier molecular flexibility index (Phi) is 7.81. The second-order valence-corrected chi connectivity index (χ2v) is 7.07. The number of benzene rings is 2. The summed E-state index contributed by atoms with van der Waals surface area (Å²) >= 11 is 7.47. The van der Waals surface area contributed by atoms with Crippen molar-refractivity contribution >= 4 is 40.9 Å². The molecule has 1 amide bonds. The lowest BCUT2D eigenvalue weighted by molar-refractivity contribution is -0.146. The average molecular weight is 394 g/mol. The predicted octanol–water partition coefficient (Wildman–Crippen LogP) is 4.32. The van der Waals surface area contributed by atoms with Crippen LogP contribution in [0.5, 0.6) is 5.75 Å². The Balaban J connectivity index is 1.72. The zero-order valence-corrected chi connectivity index (χ0v) is 16.2. The van der Waals surface area contributed by atoms with Crippen molar-refractivity contribution < 1.29 is 19.1 Å². The molecule has 2 aromatic rings. The topological polar surface area (TPSA) is 64.6 Å². The standard InChI is InChI=1S/C19H20ClNO4S/c1-13-3-6-15(7-4-13)26-10-9-19(23)25-12-18(22)21-16-11-14(20)5-8-17(16)24-2/h3-8,11H,9-10,12H2,1-2H3,(H,21,22). The van der Waals surface area contributed by atoms with Gasteiger partial charge in [-0.2, -0.15) is 0 Å². The first-order chi connectivity index (χ1) is 12.5. The number of thioether (sulfide) groups is 1. The molecule has 0 aliphatic rings. The van der Waals surface area contributed by atoms with Crippen LogP contribution >= 0.6 is 23.4 Å². The van der Waals surface area contributed by atoms with Crippen molar-refractivity contribution in [1.82, 2.24) is 0 Å². The molecule has 2 rings (SSSR count). The van der Waals surface area contributed by atoms with Gasteiger partial charge < -0.3 is 14.8 Å². The van der Waals surface area contributed by atoms with Crippen LogP contribution in [-0.2, 0) is 14.3 Å². The van der Waals surface area contributed by atoms with Gasteiger partial charge in [0, 0.05) is 15.7 Å². The van der Waals surface area contributed by atoms with E-state index in [2.05, 4.69) is 5.32 Å². The van der Waals surface area contributed by atoms with E-state index < -0.39 is 11.9 Å². The molecule has 1 N–H and O–H groups in total. The SMILES string of the molecule is COc1ccc(Cl)cc1NC(=O)COC(=O)CCSc1ccc(C)cc1. The van der Waals surface area contributed by atoms with Gasteiger partial charge in [0.1, 0.15) is 5.75 Å². The number of carbonyl (C=O) groups excluding carboxylic acids is 2. The van der Waals surface area contributed by atoms with Crippen molar-refractivity contribution in [3.8, 4) is 5.75 Å². The molecule has 5 nitrogen and oxygen atoms in total. The maximum Gasteiger partial charge on any atom is 0.307 e. The van der Waals surface area contributed by atoms with E-state index >= 15 is 0 Å². The summed E-state index contributed by atoms with van der Waals surface area (Å²) in [5.74, 6) is 0.192. The lowest BCUT2D eigenvalue weighted by Crippen LogP contribution is -2.21. The van der Waals surface area contributed by atoms with Gasteiger partial charge >= 0.3 is 5.97 Å². The highest BCUT2D eigenvalue weighted by Crippen LogP contribution is 2.27. The molecule has 0 aliphatic heterocycles. The van der Waals surface area contributed by atoms with E-state index in [1.807, 2.05) is 31.2 Å². The van der Waals surface area contributed by atoms with Crippen molar-refractivity contribution in [2.45, 2.75) is 18.2 Å².